The second-order valence-electron chi connectivity index (χ2n) is 9.53. The fourth-order valence-corrected chi connectivity index (χ4v) is 3.61. The number of nitrogens with zero attached hydrogens (tertiary/aromatic N) is 5. The third-order valence-corrected chi connectivity index (χ3v) is 5.88. The maximum Gasteiger partial charge on any atom is 0.416 e. The van der Waals surface area contributed by atoms with Crippen LogP contribution in [-0.2, 0) is 4.74 Å². The first-order chi connectivity index (χ1) is 16.4. The number of ether oxygens (including phenoxy) is 1. The molecule has 1 fully saturated rings. The number of carbonyl (C=O) groups is 1. The quantitative estimate of drug-likeness (QED) is 0.439. The first-order valence-electron chi connectivity index (χ1n) is 11.3. The van der Waals surface area contributed by atoms with Crippen molar-refractivity contribution in [1.82, 2.24) is 35.5 Å². The molecule has 0 radical (unpaired) electrons. The van der Waals surface area contributed by atoms with Crippen LogP contribution in [-0.4, -0.2) is 55.2 Å². The zero-order chi connectivity index (χ0) is 25.4. The average Bonchev–Trinajstić information content (AvgIpc) is 3.29. The molecule has 10 nitrogen and oxygen atoms in total. The monoisotopic (exact) mass is 495 g/mol. The molecule has 3 aromatic rings. The van der Waals surface area contributed by atoms with E-state index in [0.29, 0.717) is 11.6 Å². The van der Waals surface area contributed by atoms with Crippen molar-refractivity contribution in [3.05, 3.63) is 41.6 Å². The third-order valence-electron chi connectivity index (χ3n) is 5.88. The van der Waals surface area contributed by atoms with Gasteiger partial charge in [-0.1, -0.05) is 19.0 Å². The van der Waals surface area contributed by atoms with E-state index in [0.717, 1.165) is 38.4 Å². The van der Waals surface area contributed by atoms with E-state index in [1.54, 1.807) is 12.4 Å². The van der Waals surface area contributed by atoms with E-state index in [9.17, 15) is 18.0 Å². The van der Waals surface area contributed by atoms with E-state index in [4.69, 9.17) is 4.74 Å². The van der Waals surface area contributed by atoms with E-state index < -0.39 is 30.3 Å². The van der Waals surface area contributed by atoms with E-state index in [-0.39, 0.29) is 23.5 Å². The number of alkyl halides is 3. The van der Waals surface area contributed by atoms with Crippen LogP contribution in [0.2, 0.25) is 0 Å². The average molecular weight is 496 g/mol. The van der Waals surface area contributed by atoms with Crippen LogP contribution in [0.4, 0.5) is 13.2 Å². The van der Waals surface area contributed by atoms with Gasteiger partial charge in [-0.2, -0.15) is 18.3 Å². The molecular formula is C22H28F3N7O3. The number of aromatic nitrogens is 5. The number of rotatable bonds is 10. The molecule has 0 aliphatic heterocycles. The number of halogens is 3. The molecule has 1 amide bonds. The van der Waals surface area contributed by atoms with Gasteiger partial charge in [0.25, 0.3) is 5.91 Å². The van der Waals surface area contributed by atoms with E-state index in [1.165, 1.54) is 4.52 Å². The van der Waals surface area contributed by atoms with Crippen molar-refractivity contribution >= 4 is 11.6 Å². The minimum absolute atomic E-state index is 0.124. The Hall–Kier alpha value is -3.06. The second kappa shape index (κ2) is 9.53. The van der Waals surface area contributed by atoms with E-state index in [2.05, 4.69) is 49.5 Å². The lowest BCUT2D eigenvalue weighted by molar-refractivity contribution is -0.265. The minimum Gasteiger partial charge on any atom is -0.364 e. The van der Waals surface area contributed by atoms with Crippen molar-refractivity contribution in [3.63, 3.8) is 0 Å². The SMILES string of the molecule is CC(C)NC(c1cnn2cc(C(COC(C)(C)C(F)(F)F)NC(=O)c3cnon3)nc2c1)C1CC1. The van der Waals surface area contributed by atoms with Crippen LogP contribution in [0.5, 0.6) is 0 Å². The summed E-state index contributed by atoms with van der Waals surface area (Å²) in [5, 5.41) is 17.5. The van der Waals surface area contributed by atoms with Gasteiger partial charge in [-0.25, -0.2) is 14.1 Å². The van der Waals surface area contributed by atoms with Crippen LogP contribution in [0.25, 0.3) is 5.65 Å². The summed E-state index contributed by atoms with van der Waals surface area (Å²) in [6.07, 6.45) is 2.07. The van der Waals surface area contributed by atoms with Crippen LogP contribution in [0.3, 0.4) is 0 Å². The first kappa shape index (κ1) is 25.0. The van der Waals surface area contributed by atoms with Gasteiger partial charge in [-0.15, -0.1) is 0 Å². The normalized spacial score (nSPS) is 16.6. The van der Waals surface area contributed by atoms with Gasteiger partial charge in [0.1, 0.15) is 6.20 Å². The smallest absolute Gasteiger partial charge is 0.364 e. The van der Waals surface area contributed by atoms with Crippen LogP contribution < -0.4 is 10.6 Å². The Kier molecular flexibility index (Phi) is 6.82. The lowest BCUT2D eigenvalue weighted by atomic mass is 10.0. The summed E-state index contributed by atoms with van der Waals surface area (Å²) < 4.78 is 51.2. The molecule has 190 valence electrons. The van der Waals surface area contributed by atoms with Crippen LogP contribution in [0.1, 0.15) is 74.4 Å². The van der Waals surface area contributed by atoms with Crippen LogP contribution >= 0.6 is 0 Å². The summed E-state index contributed by atoms with van der Waals surface area (Å²) >= 11 is 0. The number of imidazole rings is 1. The first-order valence-corrected chi connectivity index (χ1v) is 11.3. The molecule has 0 spiro atoms. The predicted molar refractivity (Wildman–Crippen MR) is 117 cm³/mol. The number of hydrogen-bond acceptors (Lipinski definition) is 8. The molecule has 2 unspecified atom stereocenters. The Bertz CT molecular complexity index is 1160. The van der Waals surface area contributed by atoms with Crippen molar-refractivity contribution in [2.24, 2.45) is 5.92 Å². The minimum atomic E-state index is -4.60. The third kappa shape index (κ3) is 5.78. The lowest BCUT2D eigenvalue weighted by Gasteiger charge is -2.29. The molecule has 2 N–H and O–H groups in total. The number of fused-ring (bicyclic) bond motifs is 1. The van der Waals surface area contributed by atoms with Gasteiger partial charge in [0.2, 0.25) is 0 Å². The van der Waals surface area contributed by atoms with Gasteiger partial charge < -0.3 is 15.4 Å². The number of nitrogens with one attached hydrogen (secondary N) is 2. The molecular weight excluding hydrogens is 467 g/mol. The molecule has 1 aliphatic rings. The Labute approximate surface area is 199 Å². The zero-order valence-corrected chi connectivity index (χ0v) is 19.8. The highest BCUT2D eigenvalue weighted by Gasteiger charge is 2.49. The number of hydrogen-bond donors (Lipinski definition) is 2. The Morgan fingerprint density at radius 2 is 2.03 bits per heavy atom. The van der Waals surface area contributed by atoms with Crippen molar-refractivity contribution < 1.29 is 27.3 Å². The predicted octanol–water partition coefficient (Wildman–Crippen LogP) is 3.39. The lowest BCUT2D eigenvalue weighted by Crippen LogP contribution is -2.44. The van der Waals surface area contributed by atoms with Crippen molar-refractivity contribution in [2.75, 3.05) is 6.61 Å². The molecule has 4 rings (SSSR count). The molecule has 13 heteroatoms. The van der Waals surface area contributed by atoms with Gasteiger partial charge >= 0.3 is 6.18 Å². The summed E-state index contributed by atoms with van der Waals surface area (Å²) in [4.78, 5) is 17.1. The van der Waals surface area contributed by atoms with E-state index in [1.807, 2.05) is 6.07 Å². The Morgan fingerprint density at radius 1 is 1.29 bits per heavy atom. The highest BCUT2D eigenvalue weighted by molar-refractivity contribution is 5.92. The molecule has 35 heavy (non-hydrogen) atoms. The molecule has 1 saturated carbocycles. The van der Waals surface area contributed by atoms with Gasteiger partial charge in [0.15, 0.2) is 16.9 Å². The molecule has 0 saturated heterocycles. The highest BCUT2D eigenvalue weighted by Crippen LogP contribution is 2.41. The molecule has 2 atom stereocenters. The maximum atomic E-state index is 13.3. The second-order valence-corrected chi connectivity index (χ2v) is 9.53. The molecule has 3 aromatic heterocycles. The maximum absolute atomic E-state index is 13.3. The van der Waals surface area contributed by atoms with Gasteiger partial charge in [-0.3, -0.25) is 4.79 Å². The van der Waals surface area contributed by atoms with Gasteiger partial charge in [-0.05, 0) is 49.4 Å². The van der Waals surface area contributed by atoms with Crippen molar-refractivity contribution in [1.29, 1.82) is 0 Å². The fraction of sp³-hybridized carbons (Fsp3) is 0.591. The molecule has 3 heterocycles. The van der Waals surface area contributed by atoms with Crippen LogP contribution in [0.15, 0.2) is 29.3 Å². The highest BCUT2D eigenvalue weighted by atomic mass is 19.4. The largest absolute Gasteiger partial charge is 0.416 e. The van der Waals surface area contributed by atoms with Crippen LogP contribution in [0, 0.1) is 5.92 Å². The molecule has 1 aliphatic carbocycles. The summed E-state index contributed by atoms with van der Waals surface area (Å²) in [5.41, 5.74) is -0.782. The molecule has 0 bridgehead atoms. The topological polar surface area (TPSA) is 119 Å². The standard InChI is InChI=1S/C22H28F3N7O3/c1-12(2)28-19(13-5-6-13)14-7-18-29-16(10-32(18)26-8-14)17(11-34-21(3,4)22(23,24)25)30-20(33)15-9-27-35-31-15/h7-10,12-13,17,19,28H,5-6,11H2,1-4H3,(H,30,33). The zero-order valence-electron chi connectivity index (χ0n) is 19.8. The summed E-state index contributed by atoms with van der Waals surface area (Å²) in [6, 6.07) is 1.31. The summed E-state index contributed by atoms with van der Waals surface area (Å²) in [7, 11) is 0. The van der Waals surface area contributed by atoms with Gasteiger partial charge in [0.05, 0.1) is 30.7 Å². The number of carbonyl (C=O) groups excluding carboxylic acids is 1. The summed E-state index contributed by atoms with van der Waals surface area (Å²) in [6.45, 7) is 5.51. The summed E-state index contributed by atoms with van der Waals surface area (Å²) in [5.74, 6) is -0.164. The van der Waals surface area contributed by atoms with Gasteiger partial charge in [0, 0.05) is 12.1 Å². The Balaban J connectivity index is 1.61. The van der Waals surface area contributed by atoms with E-state index >= 15 is 0 Å². The Morgan fingerprint density at radius 3 is 2.63 bits per heavy atom. The molecule has 0 aromatic carbocycles. The van der Waals surface area contributed by atoms with Crippen molar-refractivity contribution in [2.45, 2.75) is 70.4 Å². The van der Waals surface area contributed by atoms with Crippen molar-refractivity contribution in [3.8, 4) is 0 Å². The fourth-order valence-electron chi connectivity index (χ4n) is 3.61. The number of amides is 1.